The topological polar surface area (TPSA) is 78.3 Å². The molecule has 1 aromatic heterocycles. The normalized spacial score (nSPS) is 11.7. The van der Waals surface area contributed by atoms with Crippen LogP contribution in [0.2, 0.25) is 0 Å². The number of methoxy groups -OCH3 is 1. The molecule has 7 nitrogen and oxygen atoms in total. The summed E-state index contributed by atoms with van der Waals surface area (Å²) in [5, 5.41) is 12.1. The summed E-state index contributed by atoms with van der Waals surface area (Å²) in [6.45, 7) is 4.63. The van der Waals surface area contributed by atoms with E-state index in [2.05, 4.69) is 15.5 Å². The lowest BCUT2D eigenvalue weighted by Crippen LogP contribution is -2.16. The van der Waals surface area contributed by atoms with Crippen LogP contribution in [0.1, 0.15) is 25.8 Å². The first-order chi connectivity index (χ1) is 14.1. The number of aromatic nitrogens is 3. The summed E-state index contributed by atoms with van der Waals surface area (Å²) in [6.07, 6.45) is -0.262. The number of ether oxygens (including phenoxy) is 2. The molecule has 1 unspecified atom stereocenters. The summed E-state index contributed by atoms with van der Waals surface area (Å²) < 4.78 is 13.2. The van der Waals surface area contributed by atoms with Gasteiger partial charge in [-0.05, 0) is 38.1 Å². The van der Waals surface area contributed by atoms with E-state index < -0.39 is 0 Å². The first-order valence-corrected chi connectivity index (χ1v) is 10.3. The maximum Gasteiger partial charge on any atom is 0.234 e. The van der Waals surface area contributed by atoms with Crippen LogP contribution in [0.5, 0.6) is 11.5 Å². The summed E-state index contributed by atoms with van der Waals surface area (Å²) in [6, 6.07) is 16.9. The zero-order valence-electron chi connectivity index (χ0n) is 16.7. The lowest BCUT2D eigenvalue weighted by molar-refractivity contribution is -0.113. The third-order valence-electron chi connectivity index (χ3n) is 4.19. The summed E-state index contributed by atoms with van der Waals surface area (Å²) in [5.41, 5.74) is 0.642. The van der Waals surface area contributed by atoms with E-state index in [0.29, 0.717) is 23.1 Å². The second-order valence-corrected chi connectivity index (χ2v) is 7.14. The summed E-state index contributed by atoms with van der Waals surface area (Å²) in [7, 11) is 1.57. The Hall–Kier alpha value is -3.00. The highest BCUT2D eigenvalue weighted by Gasteiger charge is 2.19. The van der Waals surface area contributed by atoms with E-state index in [4.69, 9.17) is 9.47 Å². The Morgan fingerprint density at radius 1 is 1.14 bits per heavy atom. The number of hydrogen-bond donors (Lipinski definition) is 1. The van der Waals surface area contributed by atoms with Crippen LogP contribution in [-0.4, -0.2) is 33.5 Å². The number of thioether (sulfide) groups is 1. The number of anilines is 1. The average molecular weight is 413 g/mol. The molecule has 0 spiro atoms. The fourth-order valence-corrected chi connectivity index (χ4v) is 3.63. The maximum atomic E-state index is 12.4. The van der Waals surface area contributed by atoms with Crippen LogP contribution in [0, 0.1) is 0 Å². The quantitative estimate of drug-likeness (QED) is 0.531. The molecular weight excluding hydrogens is 388 g/mol. The Bertz CT molecular complexity index is 946. The van der Waals surface area contributed by atoms with Crippen LogP contribution >= 0.6 is 11.8 Å². The van der Waals surface area contributed by atoms with Gasteiger partial charge in [0.2, 0.25) is 5.91 Å². The van der Waals surface area contributed by atoms with E-state index in [9.17, 15) is 4.79 Å². The summed E-state index contributed by atoms with van der Waals surface area (Å²) in [5.74, 6) is 2.20. The van der Waals surface area contributed by atoms with Gasteiger partial charge in [-0.25, -0.2) is 0 Å². The van der Waals surface area contributed by atoms with Gasteiger partial charge >= 0.3 is 0 Å². The van der Waals surface area contributed by atoms with Gasteiger partial charge in [-0.15, -0.1) is 10.2 Å². The van der Waals surface area contributed by atoms with Gasteiger partial charge in [0, 0.05) is 6.54 Å². The number of nitrogens with one attached hydrogen (secondary N) is 1. The van der Waals surface area contributed by atoms with Crippen LogP contribution < -0.4 is 14.8 Å². The van der Waals surface area contributed by atoms with Crippen LogP contribution in [0.15, 0.2) is 59.8 Å². The minimum atomic E-state index is -0.262. The molecule has 0 aliphatic carbocycles. The molecule has 0 saturated heterocycles. The minimum Gasteiger partial charge on any atom is -0.495 e. The Morgan fingerprint density at radius 2 is 1.86 bits per heavy atom. The second-order valence-electron chi connectivity index (χ2n) is 6.20. The van der Waals surface area contributed by atoms with Crippen molar-refractivity contribution in [2.24, 2.45) is 0 Å². The fourth-order valence-electron chi connectivity index (χ4n) is 2.82. The highest BCUT2D eigenvalue weighted by atomic mass is 32.2. The summed E-state index contributed by atoms with van der Waals surface area (Å²) in [4.78, 5) is 12.4. The molecule has 1 amide bonds. The van der Waals surface area contributed by atoms with Crippen LogP contribution in [-0.2, 0) is 11.3 Å². The molecule has 8 heteroatoms. The standard InChI is InChI=1S/C21H24N4O3S/c1-4-25-20(15(2)28-16-10-6-5-7-11-16)23-24-21(25)29-14-19(26)22-17-12-8-9-13-18(17)27-3/h5-13,15H,4,14H2,1-3H3,(H,22,26). The molecular formula is C21H24N4O3S. The third-order valence-corrected chi connectivity index (χ3v) is 5.16. The number of carbonyl (C=O) groups excluding carboxylic acids is 1. The zero-order chi connectivity index (χ0) is 20.6. The maximum absolute atomic E-state index is 12.4. The molecule has 152 valence electrons. The molecule has 1 heterocycles. The molecule has 2 aromatic carbocycles. The molecule has 0 radical (unpaired) electrons. The van der Waals surface area contributed by atoms with E-state index in [0.717, 1.165) is 11.6 Å². The van der Waals surface area contributed by atoms with Crippen molar-refractivity contribution in [3.8, 4) is 11.5 Å². The number of carbonyl (C=O) groups is 1. The van der Waals surface area contributed by atoms with Gasteiger partial charge in [-0.3, -0.25) is 4.79 Å². The Balaban J connectivity index is 1.63. The molecule has 3 aromatic rings. The van der Waals surface area contributed by atoms with E-state index >= 15 is 0 Å². The zero-order valence-corrected chi connectivity index (χ0v) is 17.5. The van der Waals surface area contributed by atoms with Crippen molar-refractivity contribution in [1.82, 2.24) is 14.8 Å². The van der Waals surface area contributed by atoms with Crippen LogP contribution in [0.25, 0.3) is 0 Å². The highest BCUT2D eigenvalue weighted by Crippen LogP contribution is 2.26. The number of amides is 1. The molecule has 0 fully saturated rings. The molecule has 29 heavy (non-hydrogen) atoms. The van der Waals surface area contributed by atoms with Gasteiger partial charge in [0.15, 0.2) is 17.1 Å². The van der Waals surface area contributed by atoms with Gasteiger partial charge in [0.25, 0.3) is 0 Å². The first-order valence-electron chi connectivity index (χ1n) is 9.32. The Morgan fingerprint density at radius 3 is 2.59 bits per heavy atom. The Labute approximate surface area is 174 Å². The van der Waals surface area contributed by atoms with E-state index in [1.165, 1.54) is 11.8 Å². The molecule has 0 saturated carbocycles. The molecule has 0 aliphatic rings. The summed E-state index contributed by atoms with van der Waals surface area (Å²) >= 11 is 1.34. The van der Waals surface area contributed by atoms with Crippen molar-refractivity contribution in [2.75, 3.05) is 18.2 Å². The van der Waals surface area contributed by atoms with Gasteiger partial charge in [0.05, 0.1) is 18.6 Å². The number of para-hydroxylation sites is 3. The van der Waals surface area contributed by atoms with Crippen molar-refractivity contribution in [3.05, 3.63) is 60.4 Å². The number of benzene rings is 2. The van der Waals surface area contributed by atoms with Crippen molar-refractivity contribution in [1.29, 1.82) is 0 Å². The van der Waals surface area contributed by atoms with Gasteiger partial charge in [-0.2, -0.15) is 0 Å². The monoisotopic (exact) mass is 412 g/mol. The van der Waals surface area contributed by atoms with Gasteiger partial charge in [0.1, 0.15) is 11.5 Å². The van der Waals surface area contributed by atoms with Crippen LogP contribution in [0.3, 0.4) is 0 Å². The largest absolute Gasteiger partial charge is 0.495 e. The van der Waals surface area contributed by atoms with E-state index in [-0.39, 0.29) is 17.8 Å². The lowest BCUT2D eigenvalue weighted by Gasteiger charge is -2.15. The van der Waals surface area contributed by atoms with Crippen molar-refractivity contribution >= 4 is 23.4 Å². The SMILES string of the molecule is CCn1c(SCC(=O)Nc2ccccc2OC)nnc1C(C)Oc1ccccc1. The van der Waals surface area contributed by atoms with Crippen molar-refractivity contribution < 1.29 is 14.3 Å². The molecule has 0 aliphatic heterocycles. The molecule has 1 N–H and O–H groups in total. The molecule has 0 bridgehead atoms. The lowest BCUT2D eigenvalue weighted by atomic mass is 10.3. The molecule has 3 rings (SSSR count). The average Bonchev–Trinajstić information content (AvgIpc) is 3.16. The van der Waals surface area contributed by atoms with Crippen molar-refractivity contribution in [2.45, 2.75) is 31.7 Å². The number of hydrogen-bond acceptors (Lipinski definition) is 6. The van der Waals surface area contributed by atoms with Crippen molar-refractivity contribution in [3.63, 3.8) is 0 Å². The minimum absolute atomic E-state index is 0.139. The highest BCUT2D eigenvalue weighted by molar-refractivity contribution is 7.99. The third kappa shape index (κ3) is 5.29. The van der Waals surface area contributed by atoms with Crippen LogP contribution in [0.4, 0.5) is 5.69 Å². The predicted octanol–water partition coefficient (Wildman–Crippen LogP) is 4.18. The first kappa shape index (κ1) is 20.7. The van der Waals surface area contributed by atoms with Gasteiger partial charge in [-0.1, -0.05) is 42.1 Å². The number of nitrogens with zero attached hydrogens (tertiary/aromatic N) is 3. The fraction of sp³-hybridized carbons (Fsp3) is 0.286. The predicted molar refractivity (Wildman–Crippen MR) is 114 cm³/mol. The molecule has 1 atom stereocenters. The van der Waals surface area contributed by atoms with E-state index in [1.807, 2.05) is 60.9 Å². The van der Waals surface area contributed by atoms with Gasteiger partial charge < -0.3 is 19.4 Å². The Kier molecular flexibility index (Phi) is 7.13. The second kappa shape index (κ2) is 9.97. The smallest absolute Gasteiger partial charge is 0.234 e. The van der Waals surface area contributed by atoms with E-state index in [1.54, 1.807) is 19.2 Å². The number of rotatable bonds is 9.